The highest BCUT2D eigenvalue weighted by molar-refractivity contribution is 8.15. The molecule has 1 atom stereocenters. The highest BCUT2D eigenvalue weighted by atomic mass is 32.2. The van der Waals surface area contributed by atoms with Crippen molar-refractivity contribution in [2.75, 3.05) is 19.0 Å². The van der Waals surface area contributed by atoms with Crippen LogP contribution in [0.1, 0.15) is 22.3 Å². The van der Waals surface area contributed by atoms with E-state index in [4.69, 9.17) is 0 Å². The molecule has 7 nitrogen and oxygen atoms in total. The Morgan fingerprint density at radius 2 is 1.75 bits per heavy atom. The van der Waals surface area contributed by atoms with Crippen LogP contribution in [0.25, 0.3) is 0 Å². The minimum atomic E-state index is -0.678. The number of rotatable bonds is 7. The second-order valence-electron chi connectivity index (χ2n) is 8.02. The lowest BCUT2D eigenvalue weighted by Gasteiger charge is -2.32. The van der Waals surface area contributed by atoms with Gasteiger partial charge in [0.2, 0.25) is 11.8 Å². The number of aliphatic imine (C=N–C) groups is 1. The quantitative estimate of drug-likeness (QED) is 0.466. The maximum atomic E-state index is 13.2. The summed E-state index contributed by atoms with van der Waals surface area (Å²) in [6.45, 7) is 0.354. The van der Waals surface area contributed by atoms with E-state index in [2.05, 4.69) is 15.0 Å². The normalized spacial score (nSPS) is 16.6. The minimum absolute atomic E-state index is 0.00791. The Morgan fingerprint density at radius 3 is 2.42 bits per heavy atom. The molecule has 0 unspecified atom stereocenters. The van der Waals surface area contributed by atoms with Gasteiger partial charge in [0.05, 0.1) is 18.4 Å². The molecule has 1 aliphatic rings. The molecular formula is C27H24FN3O4S. The lowest BCUT2D eigenvalue weighted by Crippen LogP contribution is -2.46. The van der Waals surface area contributed by atoms with Gasteiger partial charge in [-0.3, -0.25) is 14.5 Å². The molecule has 1 aliphatic heterocycles. The van der Waals surface area contributed by atoms with Gasteiger partial charge in [-0.2, -0.15) is 0 Å². The molecule has 3 aromatic carbocycles. The Hall–Kier alpha value is -3.98. The van der Waals surface area contributed by atoms with E-state index in [-0.39, 0.29) is 24.1 Å². The Bertz CT molecular complexity index is 1260. The Kier molecular flexibility index (Phi) is 8.12. The lowest BCUT2D eigenvalue weighted by molar-refractivity contribution is -0.129. The smallest absolute Gasteiger partial charge is 0.337 e. The monoisotopic (exact) mass is 505 g/mol. The van der Waals surface area contributed by atoms with Crippen molar-refractivity contribution in [1.82, 2.24) is 4.90 Å². The number of benzene rings is 3. The van der Waals surface area contributed by atoms with Gasteiger partial charge in [0.15, 0.2) is 5.17 Å². The maximum Gasteiger partial charge on any atom is 0.337 e. The van der Waals surface area contributed by atoms with Crippen molar-refractivity contribution in [3.63, 3.8) is 0 Å². The molecule has 1 heterocycles. The van der Waals surface area contributed by atoms with E-state index in [1.165, 1.54) is 31.0 Å². The molecule has 0 saturated carbocycles. The number of methoxy groups -OCH3 is 1. The molecule has 0 bridgehead atoms. The average molecular weight is 506 g/mol. The minimum Gasteiger partial charge on any atom is -0.465 e. The van der Waals surface area contributed by atoms with Crippen LogP contribution in [0.3, 0.4) is 0 Å². The molecule has 0 radical (unpaired) electrons. The predicted molar refractivity (Wildman–Crippen MR) is 138 cm³/mol. The molecule has 1 N–H and O–H groups in total. The third-order valence-corrected chi connectivity index (χ3v) is 6.71. The SMILES string of the molecule is COC(=O)c1ccc(NC(=O)[C@H]2CC(=O)N(CCc3ccc(F)cc3)C(=Nc3ccccc3)S2)cc1. The molecule has 36 heavy (non-hydrogen) atoms. The van der Waals surface area contributed by atoms with Crippen molar-refractivity contribution in [3.8, 4) is 0 Å². The van der Waals surface area contributed by atoms with Gasteiger partial charge in [0.1, 0.15) is 11.1 Å². The predicted octanol–water partition coefficient (Wildman–Crippen LogP) is 4.82. The molecule has 4 rings (SSSR count). The summed E-state index contributed by atoms with van der Waals surface area (Å²) >= 11 is 1.22. The summed E-state index contributed by atoms with van der Waals surface area (Å²) in [5.74, 6) is -1.34. The highest BCUT2D eigenvalue weighted by Gasteiger charge is 2.35. The number of amidine groups is 1. The van der Waals surface area contributed by atoms with E-state index in [9.17, 15) is 18.8 Å². The highest BCUT2D eigenvalue weighted by Crippen LogP contribution is 2.30. The molecule has 3 aromatic rings. The molecule has 9 heteroatoms. The molecule has 0 spiro atoms. The number of carbonyl (C=O) groups is 3. The largest absolute Gasteiger partial charge is 0.465 e. The van der Waals surface area contributed by atoms with Gasteiger partial charge in [0, 0.05) is 18.7 Å². The summed E-state index contributed by atoms with van der Waals surface area (Å²) in [6.07, 6.45) is 0.526. The van der Waals surface area contributed by atoms with E-state index in [0.717, 1.165) is 5.56 Å². The van der Waals surface area contributed by atoms with E-state index in [0.29, 0.717) is 35.1 Å². The standard InChI is InChI=1S/C27H24FN3O4S/c1-35-26(34)19-9-13-22(14-10-19)29-25(33)23-17-24(32)31(16-15-18-7-11-20(28)12-8-18)27(36-23)30-21-5-3-2-4-6-21/h2-14,23H,15-17H2,1H3,(H,29,33)/t23-/m1/s1. The average Bonchev–Trinajstić information content (AvgIpc) is 2.89. The van der Waals surface area contributed by atoms with Gasteiger partial charge in [-0.25, -0.2) is 14.2 Å². The Balaban J connectivity index is 1.50. The van der Waals surface area contributed by atoms with Crippen molar-refractivity contribution in [1.29, 1.82) is 0 Å². The molecule has 0 aromatic heterocycles. The van der Waals surface area contributed by atoms with Crippen molar-refractivity contribution in [2.24, 2.45) is 4.99 Å². The summed E-state index contributed by atoms with van der Waals surface area (Å²) in [7, 11) is 1.30. The summed E-state index contributed by atoms with van der Waals surface area (Å²) in [6, 6.07) is 21.7. The first kappa shape index (κ1) is 25.1. The number of thioether (sulfide) groups is 1. The second kappa shape index (κ2) is 11.6. The molecule has 184 valence electrons. The van der Waals surface area contributed by atoms with Crippen LogP contribution in [-0.2, 0) is 20.7 Å². The fourth-order valence-electron chi connectivity index (χ4n) is 3.60. The van der Waals surface area contributed by atoms with Gasteiger partial charge in [-0.05, 0) is 60.5 Å². The summed E-state index contributed by atoms with van der Waals surface area (Å²) in [5, 5.41) is 2.56. The third kappa shape index (κ3) is 6.37. The number of para-hydroxylation sites is 1. The van der Waals surface area contributed by atoms with Crippen LogP contribution in [0.5, 0.6) is 0 Å². The van der Waals surface area contributed by atoms with Crippen LogP contribution in [0.2, 0.25) is 0 Å². The van der Waals surface area contributed by atoms with Gasteiger partial charge in [-0.15, -0.1) is 0 Å². The first-order valence-corrected chi connectivity index (χ1v) is 12.2. The van der Waals surface area contributed by atoms with Gasteiger partial charge < -0.3 is 10.1 Å². The van der Waals surface area contributed by atoms with Gasteiger partial charge >= 0.3 is 5.97 Å². The summed E-state index contributed by atoms with van der Waals surface area (Å²) in [5.41, 5.74) is 2.43. The summed E-state index contributed by atoms with van der Waals surface area (Å²) < 4.78 is 17.9. The van der Waals surface area contributed by atoms with Crippen molar-refractivity contribution in [3.05, 3.63) is 95.8 Å². The van der Waals surface area contributed by atoms with Crippen molar-refractivity contribution in [2.45, 2.75) is 18.1 Å². The van der Waals surface area contributed by atoms with E-state index < -0.39 is 11.2 Å². The first-order chi connectivity index (χ1) is 17.4. The number of ether oxygens (including phenoxy) is 1. The molecule has 0 aliphatic carbocycles. The van der Waals surface area contributed by atoms with E-state index in [1.807, 2.05) is 30.3 Å². The fourth-order valence-corrected chi connectivity index (χ4v) is 4.72. The van der Waals surface area contributed by atoms with Crippen LogP contribution in [0.15, 0.2) is 83.9 Å². The fraction of sp³-hybridized carbons (Fsp3) is 0.185. The zero-order valence-corrected chi connectivity index (χ0v) is 20.3. The molecule has 1 saturated heterocycles. The number of esters is 1. The van der Waals surface area contributed by atoms with Crippen molar-refractivity contribution >= 4 is 46.1 Å². The van der Waals surface area contributed by atoms with Crippen molar-refractivity contribution < 1.29 is 23.5 Å². The van der Waals surface area contributed by atoms with Gasteiger partial charge in [0.25, 0.3) is 0 Å². The Labute approximate surface area is 212 Å². The van der Waals surface area contributed by atoms with Crippen LogP contribution in [-0.4, -0.2) is 46.8 Å². The van der Waals surface area contributed by atoms with Crippen LogP contribution in [0.4, 0.5) is 15.8 Å². The van der Waals surface area contributed by atoms with Crippen LogP contribution >= 0.6 is 11.8 Å². The summed E-state index contributed by atoms with van der Waals surface area (Å²) in [4.78, 5) is 44.0. The lowest BCUT2D eigenvalue weighted by atomic mass is 10.1. The van der Waals surface area contributed by atoms with Gasteiger partial charge in [-0.1, -0.05) is 42.1 Å². The topological polar surface area (TPSA) is 88.1 Å². The zero-order valence-electron chi connectivity index (χ0n) is 19.5. The number of amides is 2. The Morgan fingerprint density at radius 1 is 1.06 bits per heavy atom. The number of nitrogens with zero attached hydrogens (tertiary/aromatic N) is 2. The zero-order chi connectivity index (χ0) is 25.5. The third-order valence-electron chi connectivity index (χ3n) is 5.52. The molecule has 2 amide bonds. The van der Waals surface area contributed by atoms with E-state index >= 15 is 0 Å². The molecular weight excluding hydrogens is 481 g/mol. The molecule has 1 fully saturated rings. The first-order valence-electron chi connectivity index (χ1n) is 11.3. The maximum absolute atomic E-state index is 13.2. The number of carbonyl (C=O) groups excluding carboxylic acids is 3. The van der Waals surface area contributed by atoms with E-state index in [1.54, 1.807) is 41.3 Å². The number of anilines is 1. The number of halogens is 1. The number of nitrogens with one attached hydrogen (secondary N) is 1. The number of hydrogen-bond acceptors (Lipinski definition) is 6. The second-order valence-corrected chi connectivity index (χ2v) is 9.19. The van der Waals surface area contributed by atoms with Crippen LogP contribution in [0, 0.1) is 5.82 Å². The van der Waals surface area contributed by atoms with Crippen LogP contribution < -0.4 is 5.32 Å². The number of hydrogen-bond donors (Lipinski definition) is 1.